The minimum absolute atomic E-state index is 0.0424. The maximum Gasteiger partial charge on any atom is 0.416 e. The lowest BCUT2D eigenvalue weighted by atomic mass is 10.1. The smallest absolute Gasteiger partial charge is 0.416 e. The fourth-order valence-electron chi connectivity index (χ4n) is 3.39. The van der Waals surface area contributed by atoms with Crippen molar-refractivity contribution in [3.8, 4) is 11.5 Å². The molecule has 0 amide bonds. The molecule has 0 aromatic heterocycles. The topological polar surface area (TPSA) is 30.9 Å². The number of para-hydroxylation sites is 1. The van der Waals surface area contributed by atoms with Gasteiger partial charge in [-0.05, 0) is 48.7 Å². The number of morpholine rings is 1. The number of methoxy groups -OCH3 is 1. The van der Waals surface area contributed by atoms with Crippen LogP contribution in [-0.4, -0.2) is 44.9 Å². The van der Waals surface area contributed by atoms with Gasteiger partial charge in [-0.3, -0.25) is 4.90 Å². The summed E-state index contributed by atoms with van der Waals surface area (Å²) in [6.07, 6.45) is -2.62. The predicted octanol–water partition coefficient (Wildman–Crippen LogP) is 4.56. The Hall–Kier alpha value is -2.25. The third-order valence-corrected chi connectivity index (χ3v) is 4.94. The van der Waals surface area contributed by atoms with Crippen LogP contribution in [0.2, 0.25) is 0 Å². The number of aryl methyl sites for hydroxylation is 1. The lowest BCUT2D eigenvalue weighted by molar-refractivity contribution is -0.137. The largest absolute Gasteiger partial charge is 0.493 e. The SMILES string of the molecule is COc1cccc(CCCN2CCOCC2)c1OCc1cccc(C(F)(F)F)c1. The first-order chi connectivity index (χ1) is 14.0. The molecule has 0 spiro atoms. The predicted molar refractivity (Wildman–Crippen MR) is 104 cm³/mol. The fraction of sp³-hybridized carbons (Fsp3) is 0.455. The van der Waals surface area contributed by atoms with Crippen LogP contribution in [0.4, 0.5) is 13.2 Å². The first-order valence-electron chi connectivity index (χ1n) is 9.72. The molecule has 0 bridgehead atoms. The molecule has 0 aliphatic carbocycles. The summed E-state index contributed by atoms with van der Waals surface area (Å²) in [7, 11) is 1.56. The van der Waals surface area contributed by atoms with E-state index in [4.69, 9.17) is 14.2 Å². The molecule has 0 unspecified atom stereocenters. The summed E-state index contributed by atoms with van der Waals surface area (Å²) >= 11 is 0. The highest BCUT2D eigenvalue weighted by atomic mass is 19.4. The zero-order chi connectivity index (χ0) is 20.7. The van der Waals surface area contributed by atoms with E-state index in [2.05, 4.69) is 4.90 Å². The van der Waals surface area contributed by atoms with E-state index in [-0.39, 0.29) is 6.61 Å². The molecule has 29 heavy (non-hydrogen) atoms. The molecule has 1 heterocycles. The van der Waals surface area contributed by atoms with Crippen molar-refractivity contribution >= 4 is 0 Å². The summed E-state index contributed by atoms with van der Waals surface area (Å²) in [5.74, 6) is 1.18. The minimum atomic E-state index is -4.37. The van der Waals surface area contributed by atoms with Crippen molar-refractivity contribution < 1.29 is 27.4 Å². The number of halogens is 3. The van der Waals surface area contributed by atoms with Gasteiger partial charge in [0.15, 0.2) is 11.5 Å². The second kappa shape index (κ2) is 9.98. The second-order valence-electron chi connectivity index (χ2n) is 6.99. The standard InChI is InChI=1S/C22H26F3NO3/c1-27-20-9-3-6-18(7-4-10-26-11-13-28-14-12-26)21(20)29-16-17-5-2-8-19(15-17)22(23,24)25/h2-3,5-6,8-9,15H,4,7,10-14,16H2,1H3. The normalized spacial score (nSPS) is 15.3. The molecule has 1 aliphatic heterocycles. The lowest BCUT2D eigenvalue weighted by Crippen LogP contribution is -2.36. The van der Waals surface area contributed by atoms with Crippen molar-refractivity contribution in [3.63, 3.8) is 0 Å². The number of benzene rings is 2. The van der Waals surface area contributed by atoms with Crippen LogP contribution in [0.5, 0.6) is 11.5 Å². The van der Waals surface area contributed by atoms with E-state index in [0.29, 0.717) is 17.1 Å². The van der Waals surface area contributed by atoms with Crippen LogP contribution >= 0.6 is 0 Å². The molecule has 2 aromatic carbocycles. The second-order valence-corrected chi connectivity index (χ2v) is 6.99. The lowest BCUT2D eigenvalue weighted by Gasteiger charge is -2.26. The number of ether oxygens (including phenoxy) is 3. The zero-order valence-corrected chi connectivity index (χ0v) is 16.5. The van der Waals surface area contributed by atoms with E-state index in [9.17, 15) is 13.2 Å². The molecule has 0 atom stereocenters. The monoisotopic (exact) mass is 409 g/mol. The first kappa shape index (κ1) is 21.5. The van der Waals surface area contributed by atoms with Crippen molar-refractivity contribution in [2.75, 3.05) is 40.0 Å². The van der Waals surface area contributed by atoms with E-state index in [0.717, 1.165) is 63.4 Å². The summed E-state index contributed by atoms with van der Waals surface area (Å²) in [5, 5.41) is 0. The third-order valence-electron chi connectivity index (χ3n) is 4.94. The van der Waals surface area contributed by atoms with E-state index < -0.39 is 11.7 Å². The van der Waals surface area contributed by atoms with Gasteiger partial charge < -0.3 is 14.2 Å². The molecule has 1 fully saturated rings. The Bertz CT molecular complexity index is 789. The molecule has 3 rings (SSSR count). The number of nitrogens with zero attached hydrogens (tertiary/aromatic N) is 1. The van der Waals surface area contributed by atoms with E-state index in [1.54, 1.807) is 19.2 Å². The van der Waals surface area contributed by atoms with Gasteiger partial charge in [-0.25, -0.2) is 0 Å². The number of hydrogen-bond donors (Lipinski definition) is 0. The number of rotatable bonds is 8. The van der Waals surface area contributed by atoms with Gasteiger partial charge in [-0.2, -0.15) is 13.2 Å². The molecule has 4 nitrogen and oxygen atoms in total. The van der Waals surface area contributed by atoms with Crippen molar-refractivity contribution in [1.29, 1.82) is 0 Å². The van der Waals surface area contributed by atoms with Gasteiger partial charge in [0.05, 0.1) is 25.9 Å². The molecule has 0 radical (unpaired) electrons. The highest BCUT2D eigenvalue weighted by molar-refractivity contribution is 5.47. The highest BCUT2D eigenvalue weighted by Gasteiger charge is 2.30. The number of alkyl halides is 3. The average Bonchev–Trinajstić information content (AvgIpc) is 2.73. The van der Waals surface area contributed by atoms with Crippen LogP contribution in [0, 0.1) is 0 Å². The van der Waals surface area contributed by atoms with Gasteiger partial charge in [0, 0.05) is 13.1 Å². The quantitative estimate of drug-likeness (QED) is 0.640. The fourth-order valence-corrected chi connectivity index (χ4v) is 3.39. The molecule has 158 valence electrons. The van der Waals surface area contributed by atoms with Crippen LogP contribution in [0.25, 0.3) is 0 Å². The molecule has 7 heteroatoms. The molecular weight excluding hydrogens is 383 g/mol. The summed E-state index contributed by atoms with van der Waals surface area (Å²) in [6.45, 7) is 4.43. The van der Waals surface area contributed by atoms with Crippen molar-refractivity contribution in [2.45, 2.75) is 25.6 Å². The van der Waals surface area contributed by atoms with Crippen LogP contribution in [0.3, 0.4) is 0 Å². The number of hydrogen-bond acceptors (Lipinski definition) is 4. The maximum absolute atomic E-state index is 12.9. The third kappa shape index (κ3) is 6.11. The summed E-state index contributed by atoms with van der Waals surface area (Å²) in [4.78, 5) is 2.37. The Morgan fingerprint density at radius 3 is 2.55 bits per heavy atom. The van der Waals surface area contributed by atoms with Crippen LogP contribution in [-0.2, 0) is 23.9 Å². The van der Waals surface area contributed by atoms with Crippen molar-refractivity contribution in [3.05, 3.63) is 59.2 Å². The maximum atomic E-state index is 12.9. The van der Waals surface area contributed by atoms with Gasteiger partial charge >= 0.3 is 6.18 Å². The van der Waals surface area contributed by atoms with Gasteiger partial charge in [0.25, 0.3) is 0 Å². The first-order valence-corrected chi connectivity index (χ1v) is 9.72. The molecular formula is C22H26F3NO3. The van der Waals surface area contributed by atoms with E-state index in [1.165, 1.54) is 6.07 Å². The summed E-state index contributed by atoms with van der Waals surface area (Å²) in [5.41, 5.74) is 0.777. The Balaban J connectivity index is 1.66. The molecule has 0 N–H and O–H groups in total. The zero-order valence-electron chi connectivity index (χ0n) is 16.5. The van der Waals surface area contributed by atoms with E-state index in [1.807, 2.05) is 12.1 Å². The van der Waals surface area contributed by atoms with Crippen molar-refractivity contribution in [1.82, 2.24) is 4.90 Å². The molecule has 1 aliphatic rings. The van der Waals surface area contributed by atoms with Gasteiger partial charge in [0.1, 0.15) is 6.61 Å². The Labute approximate surface area is 169 Å². The summed E-state index contributed by atoms with van der Waals surface area (Å²) < 4.78 is 55.5. The van der Waals surface area contributed by atoms with Crippen LogP contribution in [0.15, 0.2) is 42.5 Å². The van der Waals surface area contributed by atoms with Crippen LogP contribution < -0.4 is 9.47 Å². The van der Waals surface area contributed by atoms with Gasteiger partial charge in [-0.15, -0.1) is 0 Å². The van der Waals surface area contributed by atoms with Gasteiger partial charge in [-0.1, -0.05) is 24.3 Å². The molecule has 1 saturated heterocycles. The van der Waals surface area contributed by atoms with E-state index >= 15 is 0 Å². The van der Waals surface area contributed by atoms with Crippen LogP contribution in [0.1, 0.15) is 23.1 Å². The Kier molecular flexibility index (Phi) is 7.39. The molecule has 0 saturated carbocycles. The minimum Gasteiger partial charge on any atom is -0.493 e. The van der Waals surface area contributed by atoms with Crippen molar-refractivity contribution in [2.24, 2.45) is 0 Å². The average molecular weight is 409 g/mol. The Morgan fingerprint density at radius 1 is 1.07 bits per heavy atom. The van der Waals surface area contributed by atoms with Gasteiger partial charge in [0.2, 0.25) is 0 Å². The molecule has 2 aromatic rings. The summed E-state index contributed by atoms with van der Waals surface area (Å²) in [6, 6.07) is 10.9. The highest BCUT2D eigenvalue weighted by Crippen LogP contribution is 2.34. The Morgan fingerprint density at radius 2 is 1.83 bits per heavy atom.